The van der Waals surface area contributed by atoms with Crippen molar-refractivity contribution in [2.45, 2.75) is 38.6 Å². The monoisotopic (exact) mass is 338 g/mol. The molecule has 1 aromatic rings. The largest absolute Gasteiger partial charge is 0.465 e. The van der Waals surface area contributed by atoms with Gasteiger partial charge in [-0.25, -0.2) is 4.79 Å². The van der Waals surface area contributed by atoms with Crippen molar-refractivity contribution in [3.63, 3.8) is 0 Å². The summed E-state index contributed by atoms with van der Waals surface area (Å²) < 4.78 is 0. The van der Waals surface area contributed by atoms with E-state index in [2.05, 4.69) is 5.32 Å². The van der Waals surface area contributed by atoms with E-state index >= 15 is 0 Å². The first-order chi connectivity index (χ1) is 10.9. The van der Waals surface area contributed by atoms with E-state index in [0.29, 0.717) is 19.0 Å². The molecule has 23 heavy (non-hydrogen) atoms. The zero-order valence-electron chi connectivity index (χ0n) is 13.5. The standard InChI is InChI=1S/C17H23ClN2O3/c1-11(2)15(19-17(22)23)16(21)20-9-7-13(8-10-20)12-3-5-14(18)6-4-12/h3-6,11,13,15,19H,7-10H2,1-2H3,(H,22,23). The maximum atomic E-state index is 12.5. The second-order valence-electron chi connectivity index (χ2n) is 6.32. The minimum absolute atomic E-state index is 0.0763. The first-order valence-electron chi connectivity index (χ1n) is 7.92. The number of hydrogen-bond donors (Lipinski definition) is 2. The van der Waals surface area contributed by atoms with E-state index in [1.54, 1.807) is 4.90 Å². The molecule has 2 N–H and O–H groups in total. The average molecular weight is 339 g/mol. The highest BCUT2D eigenvalue weighted by atomic mass is 35.5. The molecule has 1 aromatic carbocycles. The van der Waals surface area contributed by atoms with Crippen LogP contribution in [0.5, 0.6) is 0 Å². The highest BCUT2D eigenvalue weighted by Gasteiger charge is 2.31. The van der Waals surface area contributed by atoms with Gasteiger partial charge in [0, 0.05) is 18.1 Å². The van der Waals surface area contributed by atoms with Crippen molar-refractivity contribution in [2.24, 2.45) is 5.92 Å². The van der Waals surface area contributed by atoms with Crippen LogP contribution in [0.3, 0.4) is 0 Å². The minimum atomic E-state index is -1.16. The lowest BCUT2D eigenvalue weighted by molar-refractivity contribution is -0.135. The predicted octanol–water partition coefficient (Wildman–Crippen LogP) is 3.34. The Hall–Kier alpha value is -1.75. The van der Waals surface area contributed by atoms with Crippen LogP contribution >= 0.6 is 11.6 Å². The van der Waals surface area contributed by atoms with Crippen molar-refractivity contribution in [1.29, 1.82) is 0 Å². The second-order valence-corrected chi connectivity index (χ2v) is 6.76. The third kappa shape index (κ3) is 4.61. The number of hydrogen-bond acceptors (Lipinski definition) is 2. The van der Waals surface area contributed by atoms with E-state index in [9.17, 15) is 9.59 Å². The molecule has 1 fully saturated rings. The van der Waals surface area contributed by atoms with Crippen LogP contribution in [0.15, 0.2) is 24.3 Å². The lowest BCUT2D eigenvalue weighted by atomic mass is 9.89. The van der Waals surface area contributed by atoms with Crippen molar-refractivity contribution >= 4 is 23.6 Å². The van der Waals surface area contributed by atoms with Crippen molar-refractivity contribution < 1.29 is 14.7 Å². The summed E-state index contributed by atoms with van der Waals surface area (Å²) in [5.41, 5.74) is 1.24. The fourth-order valence-corrected chi connectivity index (χ4v) is 3.14. The summed E-state index contributed by atoms with van der Waals surface area (Å²) in [6.07, 6.45) is 0.601. The molecule has 0 aromatic heterocycles. The number of carbonyl (C=O) groups excluding carboxylic acids is 1. The Morgan fingerprint density at radius 3 is 2.26 bits per heavy atom. The number of nitrogens with one attached hydrogen (secondary N) is 1. The van der Waals surface area contributed by atoms with E-state index in [0.717, 1.165) is 17.9 Å². The highest BCUT2D eigenvalue weighted by molar-refractivity contribution is 6.30. The van der Waals surface area contributed by atoms with Crippen LogP contribution in [0.25, 0.3) is 0 Å². The number of halogens is 1. The molecular weight excluding hydrogens is 316 g/mol. The molecule has 0 spiro atoms. The minimum Gasteiger partial charge on any atom is -0.465 e. The van der Waals surface area contributed by atoms with Gasteiger partial charge in [-0.3, -0.25) is 4.79 Å². The molecule has 1 heterocycles. The van der Waals surface area contributed by atoms with Crippen molar-refractivity contribution in [3.8, 4) is 0 Å². The van der Waals surface area contributed by atoms with E-state index in [1.807, 2.05) is 38.1 Å². The van der Waals surface area contributed by atoms with Gasteiger partial charge in [0.25, 0.3) is 0 Å². The zero-order chi connectivity index (χ0) is 17.0. The number of nitrogens with zero attached hydrogens (tertiary/aromatic N) is 1. The number of amides is 2. The molecule has 2 amide bonds. The Kier molecular flexibility index (Phi) is 5.88. The Bertz CT molecular complexity index is 551. The quantitative estimate of drug-likeness (QED) is 0.884. The molecule has 0 aliphatic carbocycles. The summed E-state index contributed by atoms with van der Waals surface area (Å²) in [4.78, 5) is 25.2. The van der Waals surface area contributed by atoms with Crippen molar-refractivity contribution in [1.82, 2.24) is 10.2 Å². The van der Waals surface area contributed by atoms with Gasteiger partial charge in [-0.05, 0) is 42.4 Å². The molecule has 126 valence electrons. The van der Waals surface area contributed by atoms with Gasteiger partial charge in [0.05, 0.1) is 0 Å². The van der Waals surface area contributed by atoms with Crippen LogP contribution in [0.1, 0.15) is 38.2 Å². The smallest absolute Gasteiger partial charge is 0.405 e. The number of likely N-dealkylation sites (tertiary alicyclic amines) is 1. The molecule has 5 nitrogen and oxygen atoms in total. The van der Waals surface area contributed by atoms with Crippen LogP contribution in [-0.2, 0) is 4.79 Å². The summed E-state index contributed by atoms with van der Waals surface area (Å²) >= 11 is 5.91. The fourth-order valence-electron chi connectivity index (χ4n) is 3.01. The fraction of sp³-hybridized carbons (Fsp3) is 0.529. The van der Waals surface area contributed by atoms with Crippen LogP contribution in [0, 0.1) is 5.92 Å². The number of benzene rings is 1. The Morgan fingerprint density at radius 1 is 1.22 bits per heavy atom. The lowest BCUT2D eigenvalue weighted by Crippen LogP contribution is -2.52. The Morgan fingerprint density at radius 2 is 1.78 bits per heavy atom. The molecule has 1 aliphatic rings. The zero-order valence-corrected chi connectivity index (χ0v) is 14.2. The van der Waals surface area contributed by atoms with Gasteiger partial charge in [-0.2, -0.15) is 0 Å². The SMILES string of the molecule is CC(C)C(NC(=O)O)C(=O)N1CCC(c2ccc(Cl)cc2)CC1. The highest BCUT2D eigenvalue weighted by Crippen LogP contribution is 2.29. The second kappa shape index (κ2) is 7.68. The van der Waals surface area contributed by atoms with Gasteiger partial charge in [-0.15, -0.1) is 0 Å². The topological polar surface area (TPSA) is 69.6 Å². The molecule has 2 rings (SSSR count). The number of rotatable bonds is 4. The molecule has 1 unspecified atom stereocenters. The summed E-state index contributed by atoms with van der Waals surface area (Å²) in [6, 6.07) is 7.17. The summed E-state index contributed by atoms with van der Waals surface area (Å²) in [5.74, 6) is 0.214. The maximum absolute atomic E-state index is 12.5. The maximum Gasteiger partial charge on any atom is 0.405 e. The molecule has 6 heteroatoms. The van der Waals surface area contributed by atoms with Gasteiger partial charge in [-0.1, -0.05) is 37.6 Å². The molecule has 1 saturated heterocycles. The Labute approximate surface area is 141 Å². The van der Waals surface area contributed by atoms with Gasteiger partial charge in [0.1, 0.15) is 6.04 Å². The van der Waals surface area contributed by atoms with E-state index in [4.69, 9.17) is 16.7 Å². The van der Waals surface area contributed by atoms with Gasteiger partial charge in [0.15, 0.2) is 0 Å². The Balaban J connectivity index is 1.96. The third-order valence-corrected chi connectivity index (χ3v) is 4.61. The summed E-state index contributed by atoms with van der Waals surface area (Å²) in [6.45, 7) is 4.99. The molecule has 1 aliphatic heterocycles. The van der Waals surface area contributed by atoms with Crippen molar-refractivity contribution in [2.75, 3.05) is 13.1 Å². The first-order valence-corrected chi connectivity index (χ1v) is 8.30. The van der Waals surface area contributed by atoms with Crippen LogP contribution in [-0.4, -0.2) is 41.1 Å². The predicted molar refractivity (Wildman–Crippen MR) is 89.8 cm³/mol. The molecule has 0 bridgehead atoms. The number of carbonyl (C=O) groups is 2. The van der Waals surface area contributed by atoms with Crippen LogP contribution in [0.2, 0.25) is 5.02 Å². The molecular formula is C17H23ClN2O3. The molecule has 0 saturated carbocycles. The normalized spacial score (nSPS) is 17.1. The number of piperidine rings is 1. The van der Waals surface area contributed by atoms with E-state index < -0.39 is 12.1 Å². The van der Waals surface area contributed by atoms with E-state index in [1.165, 1.54) is 5.56 Å². The summed E-state index contributed by atoms with van der Waals surface area (Å²) in [5, 5.41) is 12.0. The van der Waals surface area contributed by atoms with Crippen LogP contribution in [0.4, 0.5) is 4.79 Å². The lowest BCUT2D eigenvalue weighted by Gasteiger charge is -2.35. The van der Waals surface area contributed by atoms with Gasteiger partial charge in [0.2, 0.25) is 5.91 Å². The number of carboxylic acid groups (broad SMARTS) is 1. The first kappa shape index (κ1) is 17.6. The third-order valence-electron chi connectivity index (χ3n) is 4.36. The average Bonchev–Trinajstić information content (AvgIpc) is 2.52. The van der Waals surface area contributed by atoms with Crippen molar-refractivity contribution in [3.05, 3.63) is 34.9 Å². The molecule has 0 radical (unpaired) electrons. The van der Waals surface area contributed by atoms with Crippen LogP contribution < -0.4 is 5.32 Å². The summed E-state index contributed by atoms with van der Waals surface area (Å²) in [7, 11) is 0. The van der Waals surface area contributed by atoms with Gasteiger partial charge < -0.3 is 15.3 Å². The molecule has 1 atom stereocenters. The van der Waals surface area contributed by atoms with E-state index in [-0.39, 0.29) is 11.8 Å². The van der Waals surface area contributed by atoms with Gasteiger partial charge >= 0.3 is 6.09 Å².